The van der Waals surface area contributed by atoms with E-state index < -0.39 is 0 Å². The van der Waals surface area contributed by atoms with E-state index in [1.165, 1.54) is 22.0 Å². The zero-order valence-electron chi connectivity index (χ0n) is 16.5. The van der Waals surface area contributed by atoms with Crippen LogP contribution in [0.15, 0.2) is 29.4 Å². The van der Waals surface area contributed by atoms with Crippen molar-refractivity contribution < 1.29 is 4.79 Å². The van der Waals surface area contributed by atoms with Gasteiger partial charge in [-0.05, 0) is 50.3 Å². The average Bonchev–Trinajstić information content (AvgIpc) is 3.26. The lowest BCUT2D eigenvalue weighted by atomic mass is 10.1. The Morgan fingerprint density at radius 2 is 2.22 bits per heavy atom. The van der Waals surface area contributed by atoms with E-state index in [1.807, 2.05) is 4.90 Å². The molecule has 0 radical (unpaired) electrons. The number of aryl methyl sites for hydroxylation is 1. The molecule has 27 heavy (non-hydrogen) atoms. The van der Waals surface area contributed by atoms with Crippen LogP contribution in [0.2, 0.25) is 0 Å². The Morgan fingerprint density at radius 3 is 3.00 bits per heavy atom. The monoisotopic (exact) mass is 369 g/mol. The molecule has 6 heteroatoms. The van der Waals surface area contributed by atoms with Gasteiger partial charge in [0.05, 0.1) is 0 Å². The van der Waals surface area contributed by atoms with E-state index in [1.54, 1.807) is 0 Å². The molecule has 2 heterocycles. The number of aromatic nitrogens is 1. The molecule has 3 rings (SSSR count). The fourth-order valence-corrected chi connectivity index (χ4v) is 3.70. The Bertz CT molecular complexity index is 795. The number of likely N-dealkylation sites (tertiary alicyclic amines) is 1. The zero-order valence-corrected chi connectivity index (χ0v) is 16.5. The number of amides is 1. The summed E-state index contributed by atoms with van der Waals surface area (Å²) in [6.45, 7) is 8.35. The van der Waals surface area contributed by atoms with E-state index in [9.17, 15) is 4.79 Å². The average molecular weight is 370 g/mol. The molecule has 1 aromatic carbocycles. The SMILES string of the molecule is CCNC(=NCCCN1CCCC1=O)NCCc1c[nH]c2cccc(C)c12. The third-order valence-electron chi connectivity index (χ3n) is 5.05. The number of H-pyrrole nitrogens is 1. The molecule has 0 bridgehead atoms. The summed E-state index contributed by atoms with van der Waals surface area (Å²) in [7, 11) is 0. The number of aromatic amines is 1. The van der Waals surface area contributed by atoms with Crippen molar-refractivity contribution in [3.05, 3.63) is 35.5 Å². The van der Waals surface area contributed by atoms with Crippen LogP contribution < -0.4 is 10.6 Å². The van der Waals surface area contributed by atoms with Gasteiger partial charge in [-0.15, -0.1) is 0 Å². The molecule has 1 aliphatic rings. The summed E-state index contributed by atoms with van der Waals surface area (Å²) in [4.78, 5) is 21.6. The molecular weight excluding hydrogens is 338 g/mol. The summed E-state index contributed by atoms with van der Waals surface area (Å²) in [5.74, 6) is 1.14. The second-order valence-electron chi connectivity index (χ2n) is 7.09. The van der Waals surface area contributed by atoms with E-state index in [4.69, 9.17) is 0 Å². The van der Waals surface area contributed by atoms with Gasteiger partial charge in [-0.1, -0.05) is 12.1 Å². The van der Waals surface area contributed by atoms with Crippen LogP contribution >= 0.6 is 0 Å². The fourth-order valence-electron chi connectivity index (χ4n) is 3.70. The van der Waals surface area contributed by atoms with Gasteiger partial charge in [0.25, 0.3) is 0 Å². The summed E-state index contributed by atoms with van der Waals surface area (Å²) in [6.07, 6.45) is 5.67. The molecule has 0 spiro atoms. The van der Waals surface area contributed by atoms with Crippen LogP contribution in [0.25, 0.3) is 10.9 Å². The lowest BCUT2D eigenvalue weighted by molar-refractivity contribution is -0.127. The predicted octanol–water partition coefficient (Wildman–Crippen LogP) is 2.59. The minimum Gasteiger partial charge on any atom is -0.361 e. The van der Waals surface area contributed by atoms with Gasteiger partial charge < -0.3 is 20.5 Å². The Hall–Kier alpha value is -2.50. The number of hydrogen-bond acceptors (Lipinski definition) is 2. The summed E-state index contributed by atoms with van der Waals surface area (Å²) in [5, 5.41) is 8.05. The number of hydrogen-bond donors (Lipinski definition) is 3. The van der Waals surface area contributed by atoms with Crippen LogP contribution in [-0.2, 0) is 11.2 Å². The molecule has 0 unspecified atom stereocenters. The molecule has 146 valence electrons. The van der Waals surface area contributed by atoms with Gasteiger partial charge in [0.15, 0.2) is 5.96 Å². The van der Waals surface area contributed by atoms with Crippen LogP contribution in [0.5, 0.6) is 0 Å². The standard InChI is InChI=1S/C21H31N5O/c1-3-22-21(23-11-6-14-26-13-5-9-19(26)27)24-12-10-17-15-25-18-8-4-7-16(2)20(17)18/h4,7-8,15,25H,3,5-6,9-14H2,1-2H3,(H2,22,23,24). The van der Waals surface area contributed by atoms with Gasteiger partial charge in [0, 0.05) is 56.2 Å². The van der Waals surface area contributed by atoms with Crippen molar-refractivity contribution in [3.8, 4) is 0 Å². The largest absolute Gasteiger partial charge is 0.361 e. The lowest BCUT2D eigenvalue weighted by Gasteiger charge is -2.15. The smallest absolute Gasteiger partial charge is 0.222 e. The Labute approximate surface area is 161 Å². The van der Waals surface area contributed by atoms with Crippen LogP contribution in [0.4, 0.5) is 0 Å². The molecule has 0 atom stereocenters. The third kappa shape index (κ3) is 5.02. The van der Waals surface area contributed by atoms with Gasteiger partial charge in [0.2, 0.25) is 5.91 Å². The topological polar surface area (TPSA) is 72.5 Å². The summed E-state index contributed by atoms with van der Waals surface area (Å²) >= 11 is 0. The number of guanidine groups is 1. The predicted molar refractivity (Wildman–Crippen MR) is 111 cm³/mol. The molecule has 1 aromatic heterocycles. The van der Waals surface area contributed by atoms with E-state index in [2.05, 4.69) is 58.9 Å². The minimum atomic E-state index is 0.290. The van der Waals surface area contributed by atoms with Crippen molar-refractivity contribution in [1.82, 2.24) is 20.5 Å². The Kier molecular flexibility index (Phi) is 6.74. The number of nitrogens with one attached hydrogen (secondary N) is 3. The molecule has 1 fully saturated rings. The maximum absolute atomic E-state index is 11.6. The highest BCUT2D eigenvalue weighted by molar-refractivity contribution is 5.86. The van der Waals surface area contributed by atoms with Gasteiger partial charge in [0.1, 0.15) is 0 Å². The maximum Gasteiger partial charge on any atom is 0.222 e. The maximum atomic E-state index is 11.6. The molecule has 6 nitrogen and oxygen atoms in total. The van der Waals surface area contributed by atoms with E-state index in [0.717, 1.165) is 57.9 Å². The molecule has 1 aliphatic heterocycles. The van der Waals surface area contributed by atoms with Crippen LogP contribution in [-0.4, -0.2) is 54.5 Å². The third-order valence-corrected chi connectivity index (χ3v) is 5.05. The zero-order chi connectivity index (χ0) is 19.1. The van der Waals surface area contributed by atoms with Gasteiger partial charge in [-0.3, -0.25) is 9.79 Å². The van der Waals surface area contributed by atoms with Crippen molar-refractivity contribution in [1.29, 1.82) is 0 Å². The van der Waals surface area contributed by atoms with E-state index >= 15 is 0 Å². The highest BCUT2D eigenvalue weighted by Gasteiger charge is 2.18. The first kappa shape index (κ1) is 19.3. The quantitative estimate of drug-likeness (QED) is 0.380. The Morgan fingerprint density at radius 1 is 1.33 bits per heavy atom. The van der Waals surface area contributed by atoms with Crippen molar-refractivity contribution in [3.63, 3.8) is 0 Å². The molecule has 1 amide bonds. The number of aliphatic imine (C=N–C) groups is 1. The van der Waals surface area contributed by atoms with Crippen molar-refractivity contribution in [2.45, 2.75) is 39.5 Å². The normalized spacial score (nSPS) is 15.0. The van der Waals surface area contributed by atoms with Crippen molar-refractivity contribution in [2.75, 3.05) is 32.7 Å². The Balaban J connectivity index is 1.48. The van der Waals surface area contributed by atoms with Gasteiger partial charge in [-0.25, -0.2) is 0 Å². The second-order valence-corrected chi connectivity index (χ2v) is 7.09. The second kappa shape index (κ2) is 9.44. The molecule has 0 saturated carbocycles. The van der Waals surface area contributed by atoms with E-state index in [0.29, 0.717) is 6.42 Å². The number of rotatable bonds is 8. The number of carbonyl (C=O) groups excluding carboxylic acids is 1. The first-order chi connectivity index (χ1) is 13.2. The van der Waals surface area contributed by atoms with E-state index in [-0.39, 0.29) is 5.91 Å². The van der Waals surface area contributed by atoms with Gasteiger partial charge in [-0.2, -0.15) is 0 Å². The molecule has 2 aromatic rings. The number of carbonyl (C=O) groups is 1. The number of benzene rings is 1. The van der Waals surface area contributed by atoms with Gasteiger partial charge >= 0.3 is 0 Å². The first-order valence-corrected chi connectivity index (χ1v) is 10.0. The summed E-state index contributed by atoms with van der Waals surface area (Å²) < 4.78 is 0. The molecular formula is C21H31N5O. The first-order valence-electron chi connectivity index (χ1n) is 10.0. The van der Waals surface area contributed by atoms with Crippen LogP contribution in [0, 0.1) is 6.92 Å². The van der Waals surface area contributed by atoms with Crippen molar-refractivity contribution in [2.24, 2.45) is 4.99 Å². The summed E-state index contributed by atoms with van der Waals surface area (Å²) in [6, 6.07) is 6.36. The highest BCUT2D eigenvalue weighted by atomic mass is 16.2. The molecule has 3 N–H and O–H groups in total. The van der Waals surface area contributed by atoms with Crippen LogP contribution in [0.1, 0.15) is 37.3 Å². The highest BCUT2D eigenvalue weighted by Crippen LogP contribution is 2.22. The van der Waals surface area contributed by atoms with Crippen molar-refractivity contribution >= 4 is 22.8 Å². The lowest BCUT2D eigenvalue weighted by Crippen LogP contribution is -2.38. The number of fused-ring (bicyclic) bond motifs is 1. The molecule has 1 saturated heterocycles. The fraction of sp³-hybridized carbons (Fsp3) is 0.524. The minimum absolute atomic E-state index is 0.290. The van der Waals surface area contributed by atoms with Crippen LogP contribution in [0.3, 0.4) is 0 Å². The summed E-state index contributed by atoms with van der Waals surface area (Å²) in [5.41, 5.74) is 3.84. The molecule has 0 aliphatic carbocycles. The number of nitrogens with zero attached hydrogens (tertiary/aromatic N) is 2.